The van der Waals surface area contributed by atoms with Crippen LogP contribution >= 0.6 is 39.9 Å². The summed E-state index contributed by atoms with van der Waals surface area (Å²) in [6.45, 7) is 7.28. The molecule has 5 heteroatoms. The number of nitrogens with zero attached hydrogens (tertiary/aromatic N) is 1. The van der Waals surface area contributed by atoms with E-state index in [1.165, 1.54) is 5.56 Å². The third-order valence-corrected chi connectivity index (χ3v) is 3.89. The molecule has 0 atom stereocenters. The molecule has 0 aromatic heterocycles. The smallest absolute Gasteiger partial charge is 0.191 e. The van der Waals surface area contributed by atoms with Crippen molar-refractivity contribution < 1.29 is 0 Å². The minimum Gasteiger partial charge on any atom is -0.356 e. The molecule has 2 N–H and O–H groups in total. The number of hydrogen-bond acceptors (Lipinski definition) is 3. The number of hydrogen-bond donors (Lipinski definition) is 2. The van der Waals surface area contributed by atoms with Crippen LogP contribution in [0.3, 0.4) is 0 Å². The molecule has 19 heavy (non-hydrogen) atoms. The van der Waals surface area contributed by atoms with Crippen LogP contribution in [-0.4, -0.2) is 25.6 Å². The van der Waals surface area contributed by atoms with Gasteiger partial charge in [0.2, 0.25) is 0 Å². The molecule has 0 fully saturated rings. The van der Waals surface area contributed by atoms with Crippen LogP contribution in [0.4, 0.5) is 0 Å². The zero-order chi connectivity index (χ0) is 13.0. The molecule has 0 radical (unpaired) electrons. The highest BCUT2D eigenvalue weighted by molar-refractivity contribution is 14.0. The predicted octanol–water partition coefficient (Wildman–Crippen LogP) is 3.28. The first kappa shape index (κ1) is 16.8. The number of guanidine groups is 1. The minimum absolute atomic E-state index is 0. The summed E-state index contributed by atoms with van der Waals surface area (Å²) in [5, 5.41) is 6.69. The average molecular weight is 438 g/mol. The van der Waals surface area contributed by atoms with Gasteiger partial charge in [-0.3, -0.25) is 4.99 Å². The monoisotopic (exact) mass is 437 g/mol. The van der Waals surface area contributed by atoms with Gasteiger partial charge in [-0.15, -0.1) is 24.0 Å². The molecule has 1 aliphatic rings. The number of halogens is 2. The second kappa shape index (κ2) is 7.47. The molecule has 0 unspecified atom stereocenters. The maximum atomic E-state index is 4.43. The van der Waals surface area contributed by atoms with Crippen molar-refractivity contribution in [3.8, 4) is 0 Å². The molecular weight excluding hydrogens is 417 g/mol. The summed E-state index contributed by atoms with van der Waals surface area (Å²) in [5.74, 6) is 0.932. The van der Waals surface area contributed by atoms with Crippen molar-refractivity contribution in [1.82, 2.24) is 10.6 Å². The molecule has 1 aliphatic heterocycles. The van der Waals surface area contributed by atoms with Gasteiger partial charge in [0.1, 0.15) is 0 Å². The Morgan fingerprint density at radius 2 is 2.11 bits per heavy atom. The highest BCUT2D eigenvalue weighted by Gasteiger charge is 2.23. The van der Waals surface area contributed by atoms with E-state index in [1.807, 2.05) is 6.07 Å². The molecule has 1 aromatic rings. The molecule has 0 spiro atoms. The standard InChI is InChI=1S/C14H20BrN3.HI/c1-14(2,11-6-3-4-7-12(11)15)10-18-13-16-8-5-9-17-13;/h3-4,6-7H,5,8-10H2,1-2H3,(H2,16,17,18);1H. The topological polar surface area (TPSA) is 36.4 Å². The molecule has 3 nitrogen and oxygen atoms in total. The fourth-order valence-corrected chi connectivity index (χ4v) is 2.88. The number of nitrogens with one attached hydrogen (secondary N) is 2. The van der Waals surface area contributed by atoms with Crippen LogP contribution in [0.5, 0.6) is 0 Å². The van der Waals surface area contributed by atoms with Gasteiger partial charge in [-0.2, -0.15) is 0 Å². The van der Waals surface area contributed by atoms with E-state index in [4.69, 9.17) is 0 Å². The van der Waals surface area contributed by atoms with E-state index in [9.17, 15) is 0 Å². The Balaban J connectivity index is 0.00000180. The molecule has 0 saturated carbocycles. The highest BCUT2D eigenvalue weighted by atomic mass is 127. The van der Waals surface area contributed by atoms with Crippen molar-refractivity contribution in [3.05, 3.63) is 34.3 Å². The highest BCUT2D eigenvalue weighted by Crippen LogP contribution is 2.29. The van der Waals surface area contributed by atoms with Crippen molar-refractivity contribution in [2.45, 2.75) is 25.7 Å². The Labute approximate surface area is 140 Å². The summed E-state index contributed by atoms with van der Waals surface area (Å²) in [5.41, 5.74) is 1.37. The van der Waals surface area contributed by atoms with Gasteiger partial charge in [0.25, 0.3) is 0 Å². The summed E-state index contributed by atoms with van der Waals surface area (Å²) in [4.78, 5) is 4.43. The molecule has 1 aromatic carbocycles. The van der Waals surface area contributed by atoms with Crippen molar-refractivity contribution in [1.29, 1.82) is 0 Å². The van der Waals surface area contributed by atoms with Gasteiger partial charge >= 0.3 is 0 Å². The van der Waals surface area contributed by atoms with Crippen LogP contribution in [0.15, 0.2) is 33.7 Å². The lowest BCUT2D eigenvalue weighted by atomic mass is 9.84. The van der Waals surface area contributed by atoms with E-state index in [1.54, 1.807) is 0 Å². The summed E-state index contributed by atoms with van der Waals surface area (Å²) < 4.78 is 1.16. The van der Waals surface area contributed by atoms with Crippen LogP contribution in [0.25, 0.3) is 0 Å². The molecule has 0 amide bonds. The van der Waals surface area contributed by atoms with Gasteiger partial charge in [-0.1, -0.05) is 48.0 Å². The fraction of sp³-hybridized carbons (Fsp3) is 0.500. The van der Waals surface area contributed by atoms with Crippen LogP contribution in [0, 0.1) is 0 Å². The lowest BCUT2D eigenvalue weighted by molar-refractivity contribution is 0.503. The van der Waals surface area contributed by atoms with Gasteiger partial charge < -0.3 is 10.6 Å². The second-order valence-corrected chi connectivity index (χ2v) is 6.08. The van der Waals surface area contributed by atoms with E-state index in [0.29, 0.717) is 0 Å². The van der Waals surface area contributed by atoms with Crippen LogP contribution < -0.4 is 10.6 Å². The zero-order valence-corrected chi connectivity index (χ0v) is 15.3. The minimum atomic E-state index is 0. The largest absolute Gasteiger partial charge is 0.356 e. The lowest BCUT2D eigenvalue weighted by Crippen LogP contribution is -2.45. The first-order valence-corrected chi connectivity index (χ1v) is 7.16. The lowest BCUT2D eigenvalue weighted by Gasteiger charge is -2.28. The first-order valence-electron chi connectivity index (χ1n) is 6.37. The molecule has 0 saturated heterocycles. The Bertz CT molecular complexity index is 446. The summed E-state index contributed by atoms with van der Waals surface area (Å²) in [7, 11) is 0. The summed E-state index contributed by atoms with van der Waals surface area (Å²) in [6.07, 6.45) is 1.12. The van der Waals surface area contributed by atoms with E-state index < -0.39 is 0 Å². The van der Waals surface area contributed by atoms with Gasteiger partial charge in [-0.05, 0) is 18.1 Å². The number of rotatable bonds is 3. The molecule has 1 heterocycles. The van der Waals surface area contributed by atoms with E-state index in [2.05, 4.69) is 63.6 Å². The molecule has 0 bridgehead atoms. The van der Waals surface area contributed by atoms with Crippen LogP contribution in [0.1, 0.15) is 25.8 Å². The fourth-order valence-electron chi connectivity index (χ4n) is 2.06. The van der Waals surface area contributed by atoms with Gasteiger partial charge in [0, 0.05) is 29.5 Å². The first-order chi connectivity index (χ1) is 8.59. The zero-order valence-electron chi connectivity index (χ0n) is 11.4. The third kappa shape index (κ3) is 4.63. The van der Waals surface area contributed by atoms with Crippen molar-refractivity contribution >= 4 is 45.9 Å². The second-order valence-electron chi connectivity index (χ2n) is 5.23. The SMILES string of the molecule is CC(C)(CNC1=NCCCN1)c1ccccc1Br.I. The van der Waals surface area contributed by atoms with E-state index in [0.717, 1.165) is 36.5 Å². The summed E-state index contributed by atoms with van der Waals surface area (Å²) in [6, 6.07) is 8.39. The van der Waals surface area contributed by atoms with Crippen molar-refractivity contribution in [3.63, 3.8) is 0 Å². The Morgan fingerprint density at radius 1 is 1.37 bits per heavy atom. The molecule has 2 rings (SSSR count). The molecular formula is C14H21BrIN3. The number of aliphatic imine (C=N–C) groups is 1. The average Bonchev–Trinajstić information content (AvgIpc) is 2.38. The van der Waals surface area contributed by atoms with Gasteiger partial charge in [0.05, 0.1) is 0 Å². The molecule has 106 valence electrons. The normalized spacial score (nSPS) is 15.0. The summed E-state index contributed by atoms with van der Waals surface area (Å²) >= 11 is 3.62. The van der Waals surface area contributed by atoms with Gasteiger partial charge in [-0.25, -0.2) is 0 Å². The number of benzene rings is 1. The Morgan fingerprint density at radius 3 is 2.74 bits per heavy atom. The Hall–Kier alpha value is -0.300. The van der Waals surface area contributed by atoms with Crippen molar-refractivity contribution in [2.75, 3.05) is 19.6 Å². The van der Waals surface area contributed by atoms with Gasteiger partial charge in [0.15, 0.2) is 5.96 Å². The van der Waals surface area contributed by atoms with E-state index >= 15 is 0 Å². The maximum Gasteiger partial charge on any atom is 0.191 e. The quantitative estimate of drug-likeness (QED) is 0.712. The molecule has 0 aliphatic carbocycles. The van der Waals surface area contributed by atoms with Crippen molar-refractivity contribution in [2.24, 2.45) is 4.99 Å². The van der Waals surface area contributed by atoms with E-state index in [-0.39, 0.29) is 29.4 Å². The maximum absolute atomic E-state index is 4.43. The predicted molar refractivity (Wildman–Crippen MR) is 95.5 cm³/mol. The van der Waals surface area contributed by atoms with Crippen LogP contribution in [0.2, 0.25) is 0 Å². The Kier molecular flexibility index (Phi) is 6.59. The third-order valence-electron chi connectivity index (χ3n) is 3.20. The van der Waals surface area contributed by atoms with Crippen LogP contribution in [-0.2, 0) is 5.41 Å².